The highest BCUT2D eigenvalue weighted by Gasteiger charge is 2.20. The Balaban J connectivity index is 2.54. The van der Waals surface area contributed by atoms with Crippen molar-refractivity contribution in [2.24, 2.45) is 0 Å². The Labute approximate surface area is 133 Å². The van der Waals surface area contributed by atoms with Crippen LogP contribution in [0.2, 0.25) is 0 Å². The van der Waals surface area contributed by atoms with Crippen LogP contribution in [-0.2, 0) is 4.79 Å². The Morgan fingerprint density at radius 2 is 1.86 bits per heavy atom. The summed E-state index contributed by atoms with van der Waals surface area (Å²) in [6.45, 7) is 3.83. The SMILES string of the molecule is CCCC[C@H](NC(=O)NC(C)c1ccc(Br)cc1)C(=O)O. The van der Waals surface area contributed by atoms with E-state index in [0.717, 1.165) is 22.9 Å². The lowest BCUT2D eigenvalue weighted by atomic mass is 10.1. The number of nitrogens with one attached hydrogen (secondary N) is 2. The number of rotatable bonds is 7. The minimum atomic E-state index is -1.00. The lowest BCUT2D eigenvalue weighted by Crippen LogP contribution is -2.46. The first-order valence-electron chi connectivity index (χ1n) is 6.99. The van der Waals surface area contributed by atoms with Crippen molar-refractivity contribution < 1.29 is 14.7 Å². The zero-order valence-electron chi connectivity index (χ0n) is 12.2. The van der Waals surface area contributed by atoms with Crippen LogP contribution < -0.4 is 10.6 Å². The average molecular weight is 357 g/mol. The molecule has 0 aliphatic rings. The van der Waals surface area contributed by atoms with Crippen molar-refractivity contribution >= 4 is 27.9 Å². The number of aliphatic carboxylic acids is 1. The predicted molar refractivity (Wildman–Crippen MR) is 85.2 cm³/mol. The number of hydrogen-bond acceptors (Lipinski definition) is 2. The maximum absolute atomic E-state index is 11.9. The van der Waals surface area contributed by atoms with Gasteiger partial charge in [0.2, 0.25) is 0 Å². The molecular weight excluding hydrogens is 336 g/mol. The van der Waals surface area contributed by atoms with E-state index < -0.39 is 18.0 Å². The van der Waals surface area contributed by atoms with Gasteiger partial charge in [0, 0.05) is 4.47 Å². The highest BCUT2D eigenvalue weighted by molar-refractivity contribution is 9.10. The summed E-state index contributed by atoms with van der Waals surface area (Å²) in [5, 5.41) is 14.3. The van der Waals surface area contributed by atoms with Gasteiger partial charge in [0.05, 0.1) is 6.04 Å². The van der Waals surface area contributed by atoms with E-state index in [1.165, 1.54) is 0 Å². The molecule has 0 aliphatic heterocycles. The van der Waals surface area contributed by atoms with Crippen LogP contribution in [0.15, 0.2) is 28.7 Å². The largest absolute Gasteiger partial charge is 0.480 e. The van der Waals surface area contributed by atoms with Gasteiger partial charge in [-0.25, -0.2) is 9.59 Å². The number of carbonyl (C=O) groups is 2. The summed E-state index contributed by atoms with van der Waals surface area (Å²) in [6.07, 6.45) is 2.09. The first kappa shape index (κ1) is 17.5. The van der Waals surface area contributed by atoms with Crippen molar-refractivity contribution in [1.29, 1.82) is 0 Å². The Hall–Kier alpha value is -1.56. The van der Waals surface area contributed by atoms with E-state index in [1.54, 1.807) is 0 Å². The number of urea groups is 1. The Kier molecular flexibility index (Phi) is 7.22. The van der Waals surface area contributed by atoms with Gasteiger partial charge < -0.3 is 15.7 Å². The van der Waals surface area contributed by atoms with Crippen LogP contribution in [0.5, 0.6) is 0 Å². The van der Waals surface area contributed by atoms with E-state index in [4.69, 9.17) is 5.11 Å². The number of halogens is 1. The Morgan fingerprint density at radius 3 is 2.38 bits per heavy atom. The summed E-state index contributed by atoms with van der Waals surface area (Å²) in [7, 11) is 0. The first-order chi connectivity index (χ1) is 9.93. The van der Waals surface area contributed by atoms with Gasteiger partial charge in [0.1, 0.15) is 6.04 Å². The van der Waals surface area contributed by atoms with E-state index >= 15 is 0 Å². The highest BCUT2D eigenvalue weighted by Crippen LogP contribution is 2.16. The molecule has 1 aromatic carbocycles. The lowest BCUT2D eigenvalue weighted by molar-refractivity contribution is -0.139. The third kappa shape index (κ3) is 6.16. The van der Waals surface area contributed by atoms with Crippen molar-refractivity contribution in [2.75, 3.05) is 0 Å². The second-order valence-corrected chi connectivity index (χ2v) is 5.84. The summed E-state index contributed by atoms with van der Waals surface area (Å²) in [5.41, 5.74) is 0.953. The summed E-state index contributed by atoms with van der Waals surface area (Å²) in [6, 6.07) is 6.09. The van der Waals surface area contributed by atoms with E-state index in [0.29, 0.717) is 6.42 Å². The molecule has 6 heteroatoms. The topological polar surface area (TPSA) is 78.4 Å². The van der Waals surface area contributed by atoms with Gasteiger partial charge in [-0.05, 0) is 31.0 Å². The molecule has 5 nitrogen and oxygen atoms in total. The number of carbonyl (C=O) groups excluding carboxylic acids is 1. The van der Waals surface area contributed by atoms with Gasteiger partial charge in [0.25, 0.3) is 0 Å². The molecule has 2 amide bonds. The van der Waals surface area contributed by atoms with Gasteiger partial charge >= 0.3 is 12.0 Å². The summed E-state index contributed by atoms with van der Waals surface area (Å²) >= 11 is 3.35. The maximum atomic E-state index is 11.9. The summed E-state index contributed by atoms with van der Waals surface area (Å²) < 4.78 is 0.966. The second-order valence-electron chi connectivity index (χ2n) is 4.92. The van der Waals surface area contributed by atoms with E-state index in [-0.39, 0.29) is 6.04 Å². The molecule has 2 atom stereocenters. The Morgan fingerprint density at radius 1 is 1.24 bits per heavy atom. The third-order valence-corrected chi connectivity index (χ3v) is 3.70. The number of hydrogen-bond donors (Lipinski definition) is 3. The van der Waals surface area contributed by atoms with Crippen LogP contribution in [0.3, 0.4) is 0 Å². The minimum Gasteiger partial charge on any atom is -0.480 e. The molecule has 0 heterocycles. The van der Waals surface area contributed by atoms with Crippen molar-refractivity contribution in [1.82, 2.24) is 10.6 Å². The van der Waals surface area contributed by atoms with Gasteiger partial charge in [0.15, 0.2) is 0 Å². The first-order valence-corrected chi connectivity index (χ1v) is 7.78. The number of amides is 2. The normalized spacial score (nSPS) is 13.3. The zero-order chi connectivity index (χ0) is 15.8. The molecule has 0 spiro atoms. The van der Waals surface area contributed by atoms with Gasteiger partial charge in [-0.2, -0.15) is 0 Å². The molecule has 0 bridgehead atoms. The van der Waals surface area contributed by atoms with Crippen molar-refractivity contribution in [2.45, 2.75) is 45.2 Å². The molecule has 1 rings (SSSR count). The number of carboxylic acids is 1. The van der Waals surface area contributed by atoms with Gasteiger partial charge in [-0.1, -0.05) is 47.8 Å². The van der Waals surface area contributed by atoms with Crippen LogP contribution in [0.25, 0.3) is 0 Å². The molecule has 1 aromatic rings. The second kappa shape index (κ2) is 8.67. The van der Waals surface area contributed by atoms with E-state index in [1.807, 2.05) is 38.1 Å². The van der Waals surface area contributed by atoms with E-state index in [2.05, 4.69) is 26.6 Å². The molecule has 1 unspecified atom stereocenters. The van der Waals surface area contributed by atoms with Crippen molar-refractivity contribution in [3.05, 3.63) is 34.3 Å². The van der Waals surface area contributed by atoms with Crippen LogP contribution in [0.1, 0.15) is 44.7 Å². The fraction of sp³-hybridized carbons (Fsp3) is 0.467. The minimum absolute atomic E-state index is 0.196. The Bertz CT molecular complexity index is 476. The van der Waals surface area contributed by atoms with E-state index in [9.17, 15) is 9.59 Å². The molecule has 116 valence electrons. The fourth-order valence-corrected chi connectivity index (χ4v) is 2.16. The molecule has 21 heavy (non-hydrogen) atoms. The van der Waals surface area contributed by atoms with Gasteiger partial charge in [-0.15, -0.1) is 0 Å². The lowest BCUT2D eigenvalue weighted by Gasteiger charge is -2.18. The molecule has 0 saturated carbocycles. The van der Waals surface area contributed by atoms with Gasteiger partial charge in [-0.3, -0.25) is 0 Å². The third-order valence-electron chi connectivity index (χ3n) is 3.17. The molecule has 3 N–H and O–H groups in total. The average Bonchev–Trinajstić information content (AvgIpc) is 2.43. The molecule has 0 aliphatic carbocycles. The van der Waals surface area contributed by atoms with Crippen LogP contribution in [0, 0.1) is 0 Å². The summed E-state index contributed by atoms with van der Waals surface area (Å²) in [4.78, 5) is 23.0. The van der Waals surface area contributed by atoms with Crippen LogP contribution in [-0.4, -0.2) is 23.1 Å². The smallest absolute Gasteiger partial charge is 0.326 e. The molecular formula is C15H21BrN2O3. The highest BCUT2D eigenvalue weighted by atomic mass is 79.9. The molecule has 0 fully saturated rings. The number of carboxylic acid groups (broad SMARTS) is 1. The monoisotopic (exact) mass is 356 g/mol. The van der Waals surface area contributed by atoms with Crippen molar-refractivity contribution in [3.8, 4) is 0 Å². The van der Waals surface area contributed by atoms with Crippen LogP contribution >= 0.6 is 15.9 Å². The molecule has 0 saturated heterocycles. The van der Waals surface area contributed by atoms with Crippen molar-refractivity contribution in [3.63, 3.8) is 0 Å². The quantitative estimate of drug-likeness (QED) is 0.699. The standard InChI is InChI=1S/C15H21BrN2O3/c1-3-4-5-13(14(19)20)18-15(21)17-10(2)11-6-8-12(16)9-7-11/h6-10,13H,3-5H2,1-2H3,(H,19,20)(H2,17,18,21)/t10?,13-/m0/s1. The maximum Gasteiger partial charge on any atom is 0.326 e. The predicted octanol–water partition coefficient (Wildman–Crippen LogP) is 3.45. The molecule has 0 aromatic heterocycles. The molecule has 0 radical (unpaired) electrons. The number of benzene rings is 1. The number of unbranched alkanes of at least 4 members (excludes halogenated alkanes) is 1. The fourth-order valence-electron chi connectivity index (χ4n) is 1.90. The summed E-state index contributed by atoms with van der Waals surface area (Å²) in [5.74, 6) is -1.00. The van der Waals surface area contributed by atoms with Crippen LogP contribution in [0.4, 0.5) is 4.79 Å². The zero-order valence-corrected chi connectivity index (χ0v) is 13.8.